The summed E-state index contributed by atoms with van der Waals surface area (Å²) in [4.78, 5) is 29.8. The molecule has 1 fully saturated rings. The molecule has 1 aromatic heterocycles. The fourth-order valence-corrected chi connectivity index (χ4v) is 3.76. The molecule has 7 heteroatoms. The Kier molecular flexibility index (Phi) is 5.09. The Morgan fingerprint density at radius 3 is 2.46 bits per heavy atom. The Bertz CT molecular complexity index is 811. The summed E-state index contributed by atoms with van der Waals surface area (Å²) in [7, 11) is 0. The number of hydrogen-bond donors (Lipinski definition) is 1. The third-order valence-corrected chi connectivity index (χ3v) is 5.38. The van der Waals surface area contributed by atoms with Crippen molar-refractivity contribution in [1.29, 1.82) is 0 Å². The lowest BCUT2D eigenvalue weighted by molar-refractivity contribution is -0.130. The smallest absolute Gasteiger partial charge is 0.324 e. The zero-order chi connectivity index (χ0) is 18.9. The van der Waals surface area contributed by atoms with E-state index in [0.29, 0.717) is 18.2 Å². The zero-order valence-corrected chi connectivity index (χ0v) is 16.3. The van der Waals surface area contributed by atoms with Gasteiger partial charge in [0.05, 0.1) is 0 Å². The van der Waals surface area contributed by atoms with E-state index < -0.39 is 5.54 Å². The molecule has 26 heavy (non-hydrogen) atoms. The lowest BCUT2D eigenvalue weighted by Crippen LogP contribution is -2.40. The molecule has 1 aliphatic heterocycles. The molecule has 2 heterocycles. The third kappa shape index (κ3) is 3.62. The molecule has 6 nitrogen and oxygen atoms in total. The predicted octanol–water partition coefficient (Wildman–Crippen LogP) is 3.42. The molecule has 1 aromatic carbocycles. The maximum atomic E-state index is 12.2. The third-order valence-electron chi connectivity index (χ3n) is 4.44. The summed E-state index contributed by atoms with van der Waals surface area (Å²) in [5.41, 5.74) is 1.52. The summed E-state index contributed by atoms with van der Waals surface area (Å²) in [6.45, 7) is 8.13. The van der Waals surface area contributed by atoms with Crippen LogP contribution in [0.3, 0.4) is 0 Å². The van der Waals surface area contributed by atoms with E-state index in [4.69, 9.17) is 0 Å². The molecular weight excluding hydrogens is 348 g/mol. The number of amides is 3. The number of nitrogens with one attached hydrogen (secondary N) is 1. The largest absolute Gasteiger partial charge is 0.325 e. The minimum atomic E-state index is -0.821. The second-order valence-corrected chi connectivity index (χ2v) is 8.25. The van der Waals surface area contributed by atoms with E-state index in [9.17, 15) is 9.59 Å². The number of hydrogen-bond acceptors (Lipinski definition) is 4. The number of rotatable bonds is 6. The average molecular weight is 372 g/mol. The van der Waals surface area contributed by atoms with E-state index in [1.165, 1.54) is 22.2 Å². The van der Waals surface area contributed by atoms with Gasteiger partial charge < -0.3 is 5.32 Å². The molecule has 3 rings (SSSR count). The van der Waals surface area contributed by atoms with Crippen LogP contribution in [-0.2, 0) is 4.79 Å². The molecule has 0 aliphatic carbocycles. The number of thioether (sulfide) groups is 1. The molecule has 138 valence electrons. The van der Waals surface area contributed by atoms with Gasteiger partial charge in [0.1, 0.15) is 5.54 Å². The van der Waals surface area contributed by atoms with E-state index in [2.05, 4.69) is 48.4 Å². The Morgan fingerprint density at radius 1 is 1.19 bits per heavy atom. The van der Waals surface area contributed by atoms with E-state index in [1.807, 2.05) is 10.8 Å². The number of urea groups is 1. The SMILES string of the molecule is CC(C)c1ccc(-n2ccnc2SCCN2C(=O)NC(C)(C)C2=O)cc1. The number of aromatic nitrogens is 2. The molecule has 0 bridgehead atoms. The van der Waals surface area contributed by atoms with Crippen LogP contribution in [0.1, 0.15) is 39.2 Å². The van der Waals surface area contributed by atoms with Crippen molar-refractivity contribution >= 4 is 23.7 Å². The fraction of sp³-hybridized carbons (Fsp3) is 0.421. The number of benzene rings is 1. The normalized spacial score (nSPS) is 16.4. The molecular formula is C19H24N4O2S. The van der Waals surface area contributed by atoms with Crippen molar-refractivity contribution in [2.45, 2.75) is 44.3 Å². The topological polar surface area (TPSA) is 67.2 Å². The molecule has 0 radical (unpaired) electrons. The van der Waals surface area contributed by atoms with Crippen molar-refractivity contribution in [1.82, 2.24) is 19.8 Å². The molecule has 1 saturated heterocycles. The van der Waals surface area contributed by atoms with Crippen LogP contribution < -0.4 is 5.32 Å². The molecule has 0 saturated carbocycles. The highest BCUT2D eigenvalue weighted by atomic mass is 32.2. The highest BCUT2D eigenvalue weighted by Gasteiger charge is 2.43. The van der Waals surface area contributed by atoms with Gasteiger partial charge in [-0.1, -0.05) is 37.7 Å². The molecule has 1 aliphatic rings. The van der Waals surface area contributed by atoms with Crippen LogP contribution in [0.25, 0.3) is 5.69 Å². The van der Waals surface area contributed by atoms with Crippen LogP contribution in [0, 0.1) is 0 Å². The lowest BCUT2D eigenvalue weighted by atomic mass is 10.0. The summed E-state index contributed by atoms with van der Waals surface area (Å²) < 4.78 is 2.02. The van der Waals surface area contributed by atoms with Gasteiger partial charge in [-0.05, 0) is 37.5 Å². The molecule has 3 amide bonds. The summed E-state index contributed by atoms with van der Waals surface area (Å²) in [6, 6.07) is 8.10. The average Bonchev–Trinajstić information content (AvgIpc) is 3.12. The van der Waals surface area contributed by atoms with Gasteiger partial charge in [-0.2, -0.15) is 0 Å². The molecule has 0 unspecified atom stereocenters. The highest BCUT2D eigenvalue weighted by Crippen LogP contribution is 2.23. The first-order valence-electron chi connectivity index (χ1n) is 8.70. The van der Waals surface area contributed by atoms with E-state index in [-0.39, 0.29) is 11.9 Å². The predicted molar refractivity (Wildman–Crippen MR) is 103 cm³/mol. The lowest BCUT2D eigenvalue weighted by Gasteiger charge is -2.15. The van der Waals surface area contributed by atoms with Crippen LogP contribution in [0.4, 0.5) is 4.79 Å². The van der Waals surface area contributed by atoms with E-state index >= 15 is 0 Å². The zero-order valence-electron chi connectivity index (χ0n) is 15.5. The quantitative estimate of drug-likeness (QED) is 0.623. The molecule has 2 aromatic rings. The van der Waals surface area contributed by atoms with Gasteiger partial charge in [0, 0.05) is 30.4 Å². The van der Waals surface area contributed by atoms with Crippen molar-refractivity contribution in [2.24, 2.45) is 0 Å². The van der Waals surface area contributed by atoms with Crippen LogP contribution in [0.15, 0.2) is 41.8 Å². The number of imide groups is 1. The van der Waals surface area contributed by atoms with Crippen molar-refractivity contribution in [2.75, 3.05) is 12.3 Å². The first kappa shape index (κ1) is 18.5. The highest BCUT2D eigenvalue weighted by molar-refractivity contribution is 7.99. The molecule has 1 N–H and O–H groups in total. The maximum absolute atomic E-state index is 12.2. The second kappa shape index (κ2) is 7.15. The van der Waals surface area contributed by atoms with E-state index in [0.717, 1.165) is 10.8 Å². The summed E-state index contributed by atoms with van der Waals surface area (Å²) in [6.07, 6.45) is 3.68. The number of nitrogens with zero attached hydrogens (tertiary/aromatic N) is 3. The number of carbonyl (C=O) groups is 2. The number of imidazole rings is 1. The summed E-state index contributed by atoms with van der Waals surface area (Å²) in [5.74, 6) is 0.904. The van der Waals surface area contributed by atoms with Crippen molar-refractivity contribution in [3.63, 3.8) is 0 Å². The Labute approximate surface area is 158 Å². The van der Waals surface area contributed by atoms with Gasteiger partial charge in [-0.3, -0.25) is 14.3 Å². The molecule has 0 atom stereocenters. The second-order valence-electron chi connectivity index (χ2n) is 7.19. The van der Waals surface area contributed by atoms with Gasteiger partial charge in [-0.15, -0.1) is 0 Å². The summed E-state index contributed by atoms with van der Waals surface area (Å²) in [5, 5.41) is 3.54. The van der Waals surface area contributed by atoms with Gasteiger partial charge >= 0.3 is 6.03 Å². The Morgan fingerprint density at radius 2 is 1.88 bits per heavy atom. The molecule has 0 spiro atoms. The van der Waals surface area contributed by atoms with Gasteiger partial charge in [0.25, 0.3) is 5.91 Å². The summed E-state index contributed by atoms with van der Waals surface area (Å²) >= 11 is 1.53. The van der Waals surface area contributed by atoms with E-state index in [1.54, 1.807) is 20.0 Å². The maximum Gasteiger partial charge on any atom is 0.325 e. The van der Waals surface area contributed by atoms with Crippen LogP contribution in [0.2, 0.25) is 0 Å². The van der Waals surface area contributed by atoms with Crippen molar-refractivity contribution < 1.29 is 9.59 Å². The van der Waals surface area contributed by atoms with Crippen LogP contribution in [0.5, 0.6) is 0 Å². The minimum absolute atomic E-state index is 0.185. The first-order valence-corrected chi connectivity index (χ1v) is 9.69. The monoisotopic (exact) mass is 372 g/mol. The van der Waals surface area contributed by atoms with Crippen LogP contribution >= 0.6 is 11.8 Å². The van der Waals surface area contributed by atoms with Crippen molar-refractivity contribution in [3.8, 4) is 5.69 Å². The van der Waals surface area contributed by atoms with Crippen molar-refractivity contribution in [3.05, 3.63) is 42.2 Å². The van der Waals surface area contributed by atoms with Crippen LogP contribution in [-0.4, -0.2) is 44.2 Å². The van der Waals surface area contributed by atoms with Gasteiger partial charge in [-0.25, -0.2) is 9.78 Å². The minimum Gasteiger partial charge on any atom is -0.324 e. The standard InChI is InChI=1S/C19H24N4O2S/c1-13(2)14-5-7-15(8-6-14)22-10-9-20-18(22)26-12-11-23-16(24)19(3,4)21-17(23)25/h5-10,13H,11-12H2,1-4H3,(H,21,25). The van der Waals surface area contributed by atoms with Gasteiger partial charge in [0.15, 0.2) is 5.16 Å². The number of carbonyl (C=O) groups excluding carboxylic acids is 2. The van der Waals surface area contributed by atoms with Gasteiger partial charge in [0.2, 0.25) is 0 Å². The Hall–Kier alpha value is -2.28. The Balaban J connectivity index is 1.65. The fourth-order valence-electron chi connectivity index (χ4n) is 2.86. The first-order chi connectivity index (χ1) is 12.3.